The summed E-state index contributed by atoms with van der Waals surface area (Å²) < 4.78 is 1.67. The number of hydrogen-bond acceptors (Lipinski definition) is 6. The maximum Gasteiger partial charge on any atom is 0.188 e. The number of rotatable bonds is 5. The molecule has 2 aromatic carbocycles. The quantitative estimate of drug-likeness (QED) is 0.583. The Hall–Kier alpha value is -3.32. The second-order valence-electron chi connectivity index (χ2n) is 5.52. The van der Waals surface area contributed by atoms with Gasteiger partial charge in [0.05, 0.1) is 18.3 Å². The third-order valence-corrected chi connectivity index (χ3v) is 3.93. The second-order valence-corrected chi connectivity index (χ2v) is 5.52. The lowest BCUT2D eigenvalue weighted by molar-refractivity contribution is 0.276. The van der Waals surface area contributed by atoms with Gasteiger partial charge in [-0.05, 0) is 17.7 Å². The number of para-hydroxylation sites is 1. The minimum Gasteiger partial charge on any atom is -0.394 e. The van der Waals surface area contributed by atoms with Gasteiger partial charge in [-0.25, -0.2) is 9.97 Å². The molecule has 0 aliphatic rings. The highest BCUT2D eigenvalue weighted by molar-refractivity contribution is 5.83. The van der Waals surface area contributed by atoms with Crippen LogP contribution in [0, 0.1) is 0 Å². The van der Waals surface area contributed by atoms with Crippen molar-refractivity contribution in [3.8, 4) is 5.69 Å². The molecule has 0 amide bonds. The summed E-state index contributed by atoms with van der Waals surface area (Å²) in [6.07, 6.45) is 1.47. The van der Waals surface area contributed by atoms with Gasteiger partial charge < -0.3 is 10.4 Å². The maximum absolute atomic E-state index is 9.75. The van der Waals surface area contributed by atoms with Crippen LogP contribution in [0.4, 0.5) is 5.82 Å². The van der Waals surface area contributed by atoms with Crippen LogP contribution < -0.4 is 5.32 Å². The molecule has 25 heavy (non-hydrogen) atoms. The lowest BCUT2D eigenvalue weighted by Crippen LogP contribution is -2.16. The standard InChI is InChI=1S/C18H16N6O/c25-11-15(13-7-3-1-4-8-13)21-17-16-18(20-12-19-17)24(23-22-16)14-9-5-2-6-10-14/h1-10,12,15,25H,11H2,(H,19,20,21). The summed E-state index contributed by atoms with van der Waals surface area (Å²) >= 11 is 0. The van der Waals surface area contributed by atoms with E-state index < -0.39 is 0 Å². The molecule has 2 heterocycles. The van der Waals surface area contributed by atoms with Crippen molar-refractivity contribution < 1.29 is 5.11 Å². The summed E-state index contributed by atoms with van der Waals surface area (Å²) in [4.78, 5) is 8.59. The fourth-order valence-electron chi connectivity index (χ4n) is 2.68. The molecule has 0 saturated heterocycles. The SMILES string of the molecule is OCC(Nc1ncnc2c1nnn2-c1ccccc1)c1ccccc1. The van der Waals surface area contributed by atoms with Crippen LogP contribution in [-0.2, 0) is 0 Å². The first-order valence-electron chi connectivity index (χ1n) is 7.91. The molecule has 1 unspecified atom stereocenters. The van der Waals surface area contributed by atoms with E-state index in [4.69, 9.17) is 0 Å². The van der Waals surface area contributed by atoms with Crippen molar-refractivity contribution in [3.63, 3.8) is 0 Å². The molecule has 0 bridgehead atoms. The zero-order valence-electron chi connectivity index (χ0n) is 13.3. The molecule has 7 heteroatoms. The molecule has 0 spiro atoms. The predicted molar refractivity (Wildman–Crippen MR) is 94.3 cm³/mol. The molecule has 0 aliphatic carbocycles. The number of hydrogen-bond donors (Lipinski definition) is 2. The van der Waals surface area contributed by atoms with Crippen LogP contribution in [0.2, 0.25) is 0 Å². The first-order valence-corrected chi connectivity index (χ1v) is 7.91. The highest BCUT2D eigenvalue weighted by Gasteiger charge is 2.16. The van der Waals surface area contributed by atoms with E-state index in [2.05, 4.69) is 25.6 Å². The number of aliphatic hydroxyl groups excluding tert-OH is 1. The molecular formula is C18H16N6O. The van der Waals surface area contributed by atoms with Crippen LogP contribution in [0.5, 0.6) is 0 Å². The zero-order chi connectivity index (χ0) is 17.1. The van der Waals surface area contributed by atoms with E-state index in [1.54, 1.807) is 4.68 Å². The smallest absolute Gasteiger partial charge is 0.188 e. The summed E-state index contributed by atoms with van der Waals surface area (Å²) in [7, 11) is 0. The number of nitrogens with zero attached hydrogens (tertiary/aromatic N) is 5. The fraction of sp³-hybridized carbons (Fsp3) is 0.111. The van der Waals surface area contributed by atoms with E-state index in [0.717, 1.165) is 11.3 Å². The number of fused-ring (bicyclic) bond motifs is 1. The van der Waals surface area contributed by atoms with Crippen LogP contribution in [-0.4, -0.2) is 36.7 Å². The topological polar surface area (TPSA) is 88.8 Å². The average molecular weight is 332 g/mol. The van der Waals surface area contributed by atoms with E-state index in [1.165, 1.54) is 6.33 Å². The molecule has 7 nitrogen and oxygen atoms in total. The molecular weight excluding hydrogens is 316 g/mol. The minimum atomic E-state index is -0.291. The maximum atomic E-state index is 9.75. The molecule has 4 aromatic rings. The van der Waals surface area contributed by atoms with Gasteiger partial charge in [0.15, 0.2) is 17.0 Å². The lowest BCUT2D eigenvalue weighted by atomic mass is 10.1. The highest BCUT2D eigenvalue weighted by atomic mass is 16.3. The molecule has 124 valence electrons. The van der Waals surface area contributed by atoms with Crippen LogP contribution >= 0.6 is 0 Å². The Labute approximate surface area is 144 Å². The lowest BCUT2D eigenvalue weighted by Gasteiger charge is -2.17. The van der Waals surface area contributed by atoms with Gasteiger partial charge in [-0.2, -0.15) is 4.68 Å². The van der Waals surface area contributed by atoms with Gasteiger partial charge in [0.2, 0.25) is 0 Å². The van der Waals surface area contributed by atoms with E-state index >= 15 is 0 Å². The van der Waals surface area contributed by atoms with Gasteiger partial charge in [-0.1, -0.05) is 53.7 Å². The number of aliphatic hydroxyl groups is 1. The third-order valence-electron chi connectivity index (χ3n) is 3.93. The largest absolute Gasteiger partial charge is 0.394 e. The highest BCUT2D eigenvalue weighted by Crippen LogP contribution is 2.23. The molecule has 0 aliphatic heterocycles. The Morgan fingerprint density at radius 2 is 1.68 bits per heavy atom. The number of nitrogens with one attached hydrogen (secondary N) is 1. The summed E-state index contributed by atoms with van der Waals surface area (Å²) in [5.74, 6) is 0.537. The summed E-state index contributed by atoms with van der Waals surface area (Å²) in [6, 6.07) is 19.1. The fourth-order valence-corrected chi connectivity index (χ4v) is 2.68. The van der Waals surface area contributed by atoms with E-state index in [1.807, 2.05) is 60.7 Å². The first-order chi connectivity index (χ1) is 12.4. The van der Waals surface area contributed by atoms with Crippen LogP contribution in [0.25, 0.3) is 16.9 Å². The minimum absolute atomic E-state index is 0.0671. The van der Waals surface area contributed by atoms with Crippen molar-refractivity contribution >= 4 is 17.0 Å². The molecule has 0 fully saturated rings. The normalized spacial score (nSPS) is 12.2. The van der Waals surface area contributed by atoms with E-state index in [-0.39, 0.29) is 12.6 Å². The van der Waals surface area contributed by atoms with Gasteiger partial charge in [0.25, 0.3) is 0 Å². The van der Waals surface area contributed by atoms with E-state index in [0.29, 0.717) is 17.0 Å². The van der Waals surface area contributed by atoms with E-state index in [9.17, 15) is 5.11 Å². The summed E-state index contributed by atoms with van der Waals surface area (Å²) in [6.45, 7) is -0.0671. The number of anilines is 1. The van der Waals surface area contributed by atoms with Crippen LogP contribution in [0.3, 0.4) is 0 Å². The Bertz CT molecular complexity index is 971. The van der Waals surface area contributed by atoms with Crippen molar-refractivity contribution in [1.82, 2.24) is 25.0 Å². The van der Waals surface area contributed by atoms with Crippen molar-refractivity contribution in [3.05, 3.63) is 72.6 Å². The van der Waals surface area contributed by atoms with Crippen molar-refractivity contribution in [2.45, 2.75) is 6.04 Å². The van der Waals surface area contributed by atoms with Gasteiger partial charge >= 0.3 is 0 Å². The van der Waals surface area contributed by atoms with Crippen molar-refractivity contribution in [2.24, 2.45) is 0 Å². The number of benzene rings is 2. The Kier molecular flexibility index (Phi) is 4.05. The monoisotopic (exact) mass is 332 g/mol. The van der Waals surface area contributed by atoms with Gasteiger partial charge in [-0.3, -0.25) is 0 Å². The molecule has 0 radical (unpaired) electrons. The van der Waals surface area contributed by atoms with Crippen LogP contribution in [0.1, 0.15) is 11.6 Å². The van der Waals surface area contributed by atoms with Crippen LogP contribution in [0.15, 0.2) is 67.0 Å². The molecule has 4 rings (SSSR count). The van der Waals surface area contributed by atoms with Crippen molar-refractivity contribution in [1.29, 1.82) is 0 Å². The predicted octanol–water partition coefficient (Wildman–Crippen LogP) is 2.36. The second kappa shape index (κ2) is 6.66. The number of aromatic nitrogens is 5. The Morgan fingerprint density at radius 3 is 2.40 bits per heavy atom. The molecule has 1 atom stereocenters. The average Bonchev–Trinajstić information content (AvgIpc) is 3.12. The molecule has 2 N–H and O–H groups in total. The summed E-state index contributed by atoms with van der Waals surface area (Å²) in [5.41, 5.74) is 3.00. The van der Waals surface area contributed by atoms with Crippen molar-refractivity contribution in [2.75, 3.05) is 11.9 Å². The van der Waals surface area contributed by atoms with Gasteiger partial charge in [-0.15, -0.1) is 5.10 Å². The Morgan fingerprint density at radius 1 is 0.960 bits per heavy atom. The molecule has 0 saturated carbocycles. The molecule has 2 aromatic heterocycles. The first kappa shape index (κ1) is 15.2. The summed E-state index contributed by atoms with van der Waals surface area (Å²) in [5, 5.41) is 21.4. The third kappa shape index (κ3) is 2.92. The Balaban J connectivity index is 1.72. The zero-order valence-corrected chi connectivity index (χ0v) is 13.3. The van der Waals surface area contributed by atoms with Gasteiger partial charge in [0.1, 0.15) is 6.33 Å². The van der Waals surface area contributed by atoms with Gasteiger partial charge in [0, 0.05) is 0 Å².